The quantitative estimate of drug-likeness (QED) is 0.339. The molecule has 3 aromatic heterocycles. The van der Waals surface area contributed by atoms with Crippen LogP contribution in [0.15, 0.2) is 57.7 Å². The second-order valence-corrected chi connectivity index (χ2v) is 12.2. The second kappa shape index (κ2) is 14.4. The van der Waals surface area contributed by atoms with Gasteiger partial charge in [0.05, 0.1) is 29.3 Å². The molecular weight excluding hydrogens is 547 g/mol. The number of aromatic amines is 1. The van der Waals surface area contributed by atoms with Gasteiger partial charge in [0.25, 0.3) is 0 Å². The number of hydrogen-bond donors (Lipinski definition) is 4. The van der Waals surface area contributed by atoms with Gasteiger partial charge in [-0.05, 0) is 0 Å². The van der Waals surface area contributed by atoms with E-state index in [0.717, 1.165) is 53.2 Å². The molecule has 3 aromatic rings. The Morgan fingerprint density at radius 2 is 1.38 bits per heavy atom. The molecular formula is C22H29N11S4. The average molecular weight is 576 g/mol. The summed E-state index contributed by atoms with van der Waals surface area (Å²) in [6.45, 7) is 0. The molecule has 0 spiro atoms. The van der Waals surface area contributed by atoms with Gasteiger partial charge in [-0.2, -0.15) is 0 Å². The van der Waals surface area contributed by atoms with Crippen LogP contribution < -0.4 is 17.2 Å². The first kappa shape index (κ1) is 27.4. The maximum absolute atomic E-state index is 5.56. The Labute approximate surface area is 232 Å². The van der Waals surface area contributed by atoms with Crippen LogP contribution in [0.5, 0.6) is 0 Å². The molecule has 6 heterocycles. The Morgan fingerprint density at radius 3 is 1.86 bits per heavy atom. The minimum atomic E-state index is 0.279. The molecule has 15 heteroatoms. The normalized spacial score (nSPS) is 22.3. The van der Waals surface area contributed by atoms with Crippen LogP contribution in [0.1, 0.15) is 16.4 Å². The van der Waals surface area contributed by atoms with Gasteiger partial charge in [0.15, 0.2) is 15.5 Å². The summed E-state index contributed by atoms with van der Waals surface area (Å²) in [5.74, 6) is 3.94. The zero-order chi connectivity index (χ0) is 25.9. The lowest BCUT2D eigenvalue weighted by Gasteiger charge is -2.02. The fourth-order valence-electron chi connectivity index (χ4n) is 3.51. The molecule has 7 N–H and O–H groups in total. The number of thiazole rings is 1. The summed E-state index contributed by atoms with van der Waals surface area (Å²) in [6, 6.07) is 0.957. The Morgan fingerprint density at radius 1 is 0.730 bits per heavy atom. The van der Waals surface area contributed by atoms with E-state index < -0.39 is 0 Å². The zero-order valence-electron chi connectivity index (χ0n) is 20.0. The Balaban J connectivity index is 0.000000130. The van der Waals surface area contributed by atoms with Crippen LogP contribution in [0.4, 0.5) is 0 Å². The Kier molecular flexibility index (Phi) is 10.6. The van der Waals surface area contributed by atoms with Gasteiger partial charge in [0, 0.05) is 78.6 Å². The SMILES string of the molecule is NC1=NC(Cc2cncs2)CS1.NC1=N[C@H](Cc2cnccn2)CS1.NC1=N[C@H](Cc2ncc[nH]2)CS1. The summed E-state index contributed by atoms with van der Waals surface area (Å²) in [5, 5.41) is 2.12. The highest BCUT2D eigenvalue weighted by atomic mass is 32.2. The molecule has 0 aromatic carbocycles. The van der Waals surface area contributed by atoms with Crippen molar-refractivity contribution in [1.29, 1.82) is 0 Å². The maximum Gasteiger partial charge on any atom is 0.154 e. The number of aliphatic imine (C=N–C) groups is 3. The summed E-state index contributed by atoms with van der Waals surface area (Å²) >= 11 is 6.54. The predicted octanol–water partition coefficient (Wildman–Crippen LogP) is 1.95. The number of hydrogen-bond acceptors (Lipinski definition) is 14. The molecule has 0 aliphatic carbocycles. The number of nitrogens with two attached hydrogens (primary N) is 3. The fourth-order valence-corrected chi connectivity index (χ4v) is 6.51. The number of nitrogens with zero attached hydrogens (tertiary/aromatic N) is 7. The molecule has 3 aliphatic rings. The van der Waals surface area contributed by atoms with E-state index >= 15 is 0 Å². The highest BCUT2D eigenvalue weighted by Gasteiger charge is 2.18. The number of rotatable bonds is 6. The summed E-state index contributed by atoms with van der Waals surface area (Å²) in [6.07, 6.45) is 13.3. The van der Waals surface area contributed by atoms with Gasteiger partial charge in [0.2, 0.25) is 0 Å². The first-order valence-corrected chi connectivity index (χ1v) is 15.4. The minimum absolute atomic E-state index is 0.279. The van der Waals surface area contributed by atoms with E-state index in [1.165, 1.54) is 4.88 Å². The number of thioether (sulfide) groups is 3. The van der Waals surface area contributed by atoms with Crippen LogP contribution in [0.25, 0.3) is 0 Å². The lowest BCUT2D eigenvalue weighted by molar-refractivity contribution is 0.730. The Bertz CT molecular complexity index is 1110. The van der Waals surface area contributed by atoms with Crippen molar-refractivity contribution in [2.24, 2.45) is 32.2 Å². The number of amidine groups is 3. The number of nitrogens with one attached hydrogen (secondary N) is 1. The van der Waals surface area contributed by atoms with Crippen molar-refractivity contribution in [3.05, 3.63) is 59.1 Å². The van der Waals surface area contributed by atoms with Gasteiger partial charge >= 0.3 is 0 Å². The molecule has 6 rings (SSSR count). The monoisotopic (exact) mass is 575 g/mol. The first-order chi connectivity index (χ1) is 18.0. The van der Waals surface area contributed by atoms with Crippen molar-refractivity contribution in [1.82, 2.24) is 24.9 Å². The topological polar surface area (TPSA) is 182 Å². The van der Waals surface area contributed by atoms with Crippen molar-refractivity contribution >= 4 is 62.1 Å². The predicted molar refractivity (Wildman–Crippen MR) is 157 cm³/mol. The van der Waals surface area contributed by atoms with Gasteiger partial charge in [0.1, 0.15) is 5.82 Å². The van der Waals surface area contributed by atoms with E-state index in [0.29, 0.717) is 22.4 Å². The Hall–Kier alpha value is -2.62. The third-order valence-corrected chi connectivity index (χ3v) is 8.83. The smallest absolute Gasteiger partial charge is 0.154 e. The van der Waals surface area contributed by atoms with Crippen molar-refractivity contribution in [2.75, 3.05) is 17.3 Å². The minimum Gasteiger partial charge on any atom is -0.379 e. The van der Waals surface area contributed by atoms with E-state index in [2.05, 4.69) is 39.9 Å². The van der Waals surface area contributed by atoms with E-state index in [-0.39, 0.29) is 6.04 Å². The molecule has 0 fully saturated rings. The maximum atomic E-state index is 5.56. The van der Waals surface area contributed by atoms with Crippen molar-refractivity contribution in [2.45, 2.75) is 37.4 Å². The van der Waals surface area contributed by atoms with Gasteiger partial charge in [-0.3, -0.25) is 29.9 Å². The summed E-state index contributed by atoms with van der Waals surface area (Å²) in [5.41, 5.74) is 19.5. The molecule has 1 unspecified atom stereocenters. The molecule has 0 bridgehead atoms. The summed E-state index contributed by atoms with van der Waals surface area (Å²) < 4.78 is 0. The molecule has 0 saturated carbocycles. The molecule has 0 saturated heterocycles. The van der Waals surface area contributed by atoms with Gasteiger partial charge in [-0.15, -0.1) is 11.3 Å². The average Bonchev–Trinajstić information content (AvgIpc) is 3.72. The van der Waals surface area contributed by atoms with Crippen molar-refractivity contribution in [3.8, 4) is 0 Å². The number of H-pyrrole nitrogens is 1. The molecule has 196 valence electrons. The second-order valence-electron chi connectivity index (χ2n) is 8.11. The van der Waals surface area contributed by atoms with E-state index in [9.17, 15) is 0 Å². The largest absolute Gasteiger partial charge is 0.379 e. The van der Waals surface area contributed by atoms with Gasteiger partial charge < -0.3 is 22.2 Å². The van der Waals surface area contributed by atoms with E-state index in [1.807, 2.05) is 17.9 Å². The van der Waals surface area contributed by atoms with Crippen LogP contribution in [0, 0.1) is 0 Å². The lowest BCUT2D eigenvalue weighted by Crippen LogP contribution is -2.09. The molecule has 3 atom stereocenters. The standard InChI is InChI=1S/C8H10N4S.C7H10N4S.C7H9N3S2/c9-8-12-7(5-13-8)3-6-4-10-1-2-11-6;8-7-11-5(4-12-7)3-6-9-1-2-10-6;8-7-10-5(3-11-7)1-6-2-9-4-12-6/h1-2,4,7H,3,5H2,(H2,9,12);1-2,5H,3-4H2,(H2,8,11)(H,9,10);2,4-5H,1,3H2,(H2,8,10)/t7-;5-;/m11./s1. The van der Waals surface area contributed by atoms with Crippen LogP contribution in [-0.2, 0) is 19.3 Å². The van der Waals surface area contributed by atoms with Gasteiger partial charge in [-0.25, -0.2) is 4.98 Å². The zero-order valence-corrected chi connectivity index (χ0v) is 23.3. The van der Waals surface area contributed by atoms with E-state index in [1.54, 1.807) is 71.4 Å². The molecule has 0 radical (unpaired) electrons. The van der Waals surface area contributed by atoms with Gasteiger partial charge in [-0.1, -0.05) is 35.3 Å². The molecule has 11 nitrogen and oxygen atoms in total. The number of aromatic nitrogens is 5. The van der Waals surface area contributed by atoms with Crippen LogP contribution >= 0.6 is 46.6 Å². The van der Waals surface area contributed by atoms with Crippen molar-refractivity contribution < 1.29 is 0 Å². The lowest BCUT2D eigenvalue weighted by atomic mass is 10.2. The molecule has 0 amide bonds. The third-order valence-electron chi connectivity index (χ3n) is 5.17. The fraction of sp³-hybridized carbons (Fsp3) is 0.409. The molecule has 3 aliphatic heterocycles. The van der Waals surface area contributed by atoms with Crippen LogP contribution in [-0.4, -0.2) is 75.8 Å². The summed E-state index contributed by atoms with van der Waals surface area (Å²) in [7, 11) is 0. The molecule has 37 heavy (non-hydrogen) atoms. The first-order valence-electron chi connectivity index (χ1n) is 11.5. The van der Waals surface area contributed by atoms with Crippen LogP contribution in [0.2, 0.25) is 0 Å². The van der Waals surface area contributed by atoms with E-state index in [4.69, 9.17) is 17.2 Å². The van der Waals surface area contributed by atoms with Crippen LogP contribution in [0.3, 0.4) is 0 Å². The number of imidazole rings is 1. The van der Waals surface area contributed by atoms with Crippen molar-refractivity contribution in [3.63, 3.8) is 0 Å². The highest BCUT2D eigenvalue weighted by molar-refractivity contribution is 8.14. The highest BCUT2D eigenvalue weighted by Crippen LogP contribution is 2.20. The third kappa shape index (κ3) is 9.64. The summed E-state index contributed by atoms with van der Waals surface area (Å²) in [4.78, 5) is 33.5.